The van der Waals surface area contributed by atoms with Crippen molar-refractivity contribution in [3.8, 4) is 0 Å². The summed E-state index contributed by atoms with van der Waals surface area (Å²) in [6.07, 6.45) is 4.17. The van der Waals surface area contributed by atoms with Crippen LogP contribution in [0.15, 0.2) is 61.1 Å². The zero-order valence-corrected chi connectivity index (χ0v) is 15.1. The molecular weight excluding hydrogens is 294 g/mol. The molecule has 1 aliphatic rings. The maximum absolute atomic E-state index is 6.04. The van der Waals surface area contributed by atoms with E-state index in [1.54, 1.807) is 0 Å². The average Bonchev–Trinajstić information content (AvgIpc) is 3.01. The van der Waals surface area contributed by atoms with E-state index in [2.05, 4.69) is 68.1 Å². The van der Waals surface area contributed by atoms with E-state index in [1.807, 2.05) is 0 Å². The Kier molecular flexibility index (Phi) is 6.13. The fourth-order valence-corrected chi connectivity index (χ4v) is 3.43. The van der Waals surface area contributed by atoms with Gasteiger partial charge in [0.25, 0.3) is 0 Å². The second-order valence-corrected chi connectivity index (χ2v) is 6.91. The first-order chi connectivity index (χ1) is 11.4. The van der Waals surface area contributed by atoms with Gasteiger partial charge in [0.15, 0.2) is 0 Å². The molecule has 0 spiro atoms. The summed E-state index contributed by atoms with van der Waals surface area (Å²) in [6, 6.07) is 8.97. The molecule has 1 aromatic carbocycles. The van der Waals surface area contributed by atoms with Crippen LogP contribution in [0.25, 0.3) is 0 Å². The molecule has 130 valence electrons. The van der Waals surface area contributed by atoms with Gasteiger partial charge in [0, 0.05) is 23.6 Å². The zero-order chi connectivity index (χ0) is 17.7. The van der Waals surface area contributed by atoms with Crippen molar-refractivity contribution in [3.63, 3.8) is 0 Å². The monoisotopic (exact) mass is 325 g/mol. The third-order valence-corrected chi connectivity index (χ3v) is 4.76. The van der Waals surface area contributed by atoms with Crippen molar-refractivity contribution in [2.24, 2.45) is 5.73 Å². The smallest absolute Gasteiger partial charge is 0.0679 e. The van der Waals surface area contributed by atoms with Crippen LogP contribution in [0.2, 0.25) is 0 Å². The number of likely N-dealkylation sites (tertiary alicyclic amines) is 1. The van der Waals surface area contributed by atoms with Gasteiger partial charge in [-0.2, -0.15) is 0 Å². The molecule has 1 saturated heterocycles. The van der Waals surface area contributed by atoms with Crippen LogP contribution < -0.4 is 11.1 Å². The summed E-state index contributed by atoms with van der Waals surface area (Å²) in [5.74, 6) is 0. The van der Waals surface area contributed by atoms with E-state index in [0.717, 1.165) is 37.2 Å². The summed E-state index contributed by atoms with van der Waals surface area (Å²) < 4.78 is 0. The van der Waals surface area contributed by atoms with Crippen molar-refractivity contribution < 1.29 is 0 Å². The highest BCUT2D eigenvalue weighted by molar-refractivity contribution is 5.23. The standard InChI is InChI=1S/C21H31N3/c1-15(2)24-13-7-10-21(24)18(5)23-20(17(4)22)12-11-19-9-6-8-16(3)14-19/h6,8-9,14,20-21,23H,1,4-5,7,10-13,22H2,2-3H3. The van der Waals surface area contributed by atoms with Crippen molar-refractivity contribution >= 4 is 0 Å². The Morgan fingerprint density at radius 2 is 2.12 bits per heavy atom. The summed E-state index contributed by atoms with van der Waals surface area (Å²) in [5.41, 5.74) is 11.5. The quantitative estimate of drug-likeness (QED) is 0.762. The van der Waals surface area contributed by atoms with Crippen LogP contribution in [0.3, 0.4) is 0 Å². The number of hydrogen-bond donors (Lipinski definition) is 2. The normalized spacial score (nSPS) is 18.2. The van der Waals surface area contributed by atoms with Crippen molar-refractivity contribution in [1.82, 2.24) is 10.2 Å². The Morgan fingerprint density at radius 3 is 2.75 bits per heavy atom. The average molecular weight is 326 g/mol. The first kappa shape index (κ1) is 18.2. The number of nitrogens with zero attached hydrogens (tertiary/aromatic N) is 1. The first-order valence-corrected chi connectivity index (χ1v) is 8.75. The van der Waals surface area contributed by atoms with E-state index in [1.165, 1.54) is 17.5 Å². The van der Waals surface area contributed by atoms with Crippen molar-refractivity contribution in [1.29, 1.82) is 0 Å². The molecule has 3 nitrogen and oxygen atoms in total. The summed E-state index contributed by atoms with van der Waals surface area (Å²) in [5, 5.41) is 3.53. The highest BCUT2D eigenvalue weighted by Gasteiger charge is 2.27. The fraction of sp³-hybridized carbons (Fsp3) is 0.429. The number of aryl methyl sites for hydroxylation is 2. The number of allylic oxidation sites excluding steroid dienone is 1. The Bertz CT molecular complexity index is 617. The fourth-order valence-electron chi connectivity index (χ4n) is 3.43. The van der Waals surface area contributed by atoms with Crippen LogP contribution in [-0.4, -0.2) is 23.5 Å². The SMILES string of the molecule is C=C(N)C(CCc1cccc(C)c1)NC(=C)C1CCCN1C(=C)C. The molecule has 2 atom stereocenters. The third-order valence-electron chi connectivity index (χ3n) is 4.76. The van der Waals surface area contributed by atoms with Gasteiger partial charge in [0.2, 0.25) is 0 Å². The predicted molar refractivity (Wildman–Crippen MR) is 103 cm³/mol. The number of nitrogens with one attached hydrogen (secondary N) is 1. The molecule has 24 heavy (non-hydrogen) atoms. The minimum atomic E-state index is 0.0468. The summed E-state index contributed by atoms with van der Waals surface area (Å²) >= 11 is 0. The molecule has 3 N–H and O–H groups in total. The molecule has 1 aliphatic heterocycles. The Morgan fingerprint density at radius 1 is 1.38 bits per heavy atom. The van der Waals surface area contributed by atoms with Gasteiger partial charge in [-0.3, -0.25) is 0 Å². The van der Waals surface area contributed by atoms with Gasteiger partial charge in [0.1, 0.15) is 0 Å². The molecule has 0 radical (unpaired) electrons. The Balaban J connectivity index is 1.96. The van der Waals surface area contributed by atoms with Crippen molar-refractivity contribution in [2.75, 3.05) is 6.54 Å². The van der Waals surface area contributed by atoms with Gasteiger partial charge in [0.05, 0.1) is 12.1 Å². The van der Waals surface area contributed by atoms with Gasteiger partial charge < -0.3 is 16.0 Å². The zero-order valence-electron chi connectivity index (χ0n) is 15.1. The molecule has 0 saturated carbocycles. The van der Waals surface area contributed by atoms with E-state index < -0.39 is 0 Å². The summed E-state index contributed by atoms with van der Waals surface area (Å²) in [4.78, 5) is 2.33. The van der Waals surface area contributed by atoms with Crippen LogP contribution in [0.1, 0.15) is 37.3 Å². The molecule has 2 unspecified atom stereocenters. The Labute approximate surface area is 146 Å². The van der Waals surface area contributed by atoms with Crippen LogP contribution >= 0.6 is 0 Å². The van der Waals surface area contributed by atoms with Gasteiger partial charge >= 0.3 is 0 Å². The lowest BCUT2D eigenvalue weighted by Crippen LogP contribution is -2.40. The molecule has 0 aliphatic carbocycles. The van der Waals surface area contributed by atoms with Crippen molar-refractivity contribution in [3.05, 3.63) is 72.2 Å². The molecule has 0 bridgehead atoms. The lowest BCUT2D eigenvalue weighted by molar-refractivity contribution is 0.340. The maximum Gasteiger partial charge on any atom is 0.0679 e. The molecule has 0 aromatic heterocycles. The van der Waals surface area contributed by atoms with Crippen LogP contribution in [0.5, 0.6) is 0 Å². The van der Waals surface area contributed by atoms with E-state index in [-0.39, 0.29) is 6.04 Å². The number of benzene rings is 1. The van der Waals surface area contributed by atoms with Gasteiger partial charge in [-0.1, -0.05) is 49.6 Å². The van der Waals surface area contributed by atoms with Crippen LogP contribution in [0.4, 0.5) is 0 Å². The topological polar surface area (TPSA) is 41.3 Å². The Hall–Kier alpha value is -2.16. The predicted octanol–water partition coefficient (Wildman–Crippen LogP) is 3.87. The highest BCUT2D eigenvalue weighted by atomic mass is 15.2. The van der Waals surface area contributed by atoms with Gasteiger partial charge in [-0.25, -0.2) is 0 Å². The molecule has 2 rings (SSSR count). The first-order valence-electron chi connectivity index (χ1n) is 8.75. The van der Waals surface area contributed by atoms with E-state index in [9.17, 15) is 0 Å². The number of rotatable bonds is 8. The highest BCUT2D eigenvalue weighted by Crippen LogP contribution is 2.25. The lowest BCUT2D eigenvalue weighted by atomic mass is 10.0. The lowest BCUT2D eigenvalue weighted by Gasteiger charge is -2.31. The van der Waals surface area contributed by atoms with E-state index in [4.69, 9.17) is 5.73 Å². The second kappa shape index (κ2) is 8.09. The van der Waals surface area contributed by atoms with Crippen LogP contribution in [0, 0.1) is 6.92 Å². The number of hydrogen-bond acceptors (Lipinski definition) is 3. The molecule has 0 amide bonds. The van der Waals surface area contributed by atoms with E-state index in [0.29, 0.717) is 11.7 Å². The molecule has 3 heteroatoms. The minimum absolute atomic E-state index is 0.0468. The largest absolute Gasteiger partial charge is 0.401 e. The van der Waals surface area contributed by atoms with Gasteiger partial charge in [-0.05, 0) is 45.1 Å². The molecular formula is C21H31N3. The third kappa shape index (κ3) is 4.67. The molecule has 1 heterocycles. The maximum atomic E-state index is 6.04. The molecule has 1 aromatic rings. The van der Waals surface area contributed by atoms with Gasteiger partial charge in [-0.15, -0.1) is 0 Å². The number of nitrogens with two attached hydrogens (primary N) is 1. The van der Waals surface area contributed by atoms with Crippen molar-refractivity contribution in [2.45, 2.75) is 51.6 Å². The van der Waals surface area contributed by atoms with Crippen LogP contribution in [-0.2, 0) is 6.42 Å². The van der Waals surface area contributed by atoms with E-state index >= 15 is 0 Å². The minimum Gasteiger partial charge on any atom is -0.401 e. The summed E-state index contributed by atoms with van der Waals surface area (Å²) in [6.45, 7) is 17.5. The second-order valence-electron chi connectivity index (χ2n) is 6.91. The summed E-state index contributed by atoms with van der Waals surface area (Å²) in [7, 11) is 0. The molecule has 1 fully saturated rings.